The van der Waals surface area contributed by atoms with Crippen molar-refractivity contribution in [3.8, 4) is 0 Å². The highest BCUT2D eigenvalue weighted by atomic mass is 19.1. The van der Waals surface area contributed by atoms with Crippen molar-refractivity contribution in [2.24, 2.45) is 0 Å². The summed E-state index contributed by atoms with van der Waals surface area (Å²) in [4.78, 5) is 26.0. The number of amides is 1. The van der Waals surface area contributed by atoms with Crippen LogP contribution in [0.25, 0.3) is 0 Å². The van der Waals surface area contributed by atoms with Gasteiger partial charge in [0.1, 0.15) is 5.82 Å². The number of nitrogens with one attached hydrogen (secondary N) is 1. The van der Waals surface area contributed by atoms with Crippen molar-refractivity contribution < 1.29 is 18.7 Å². The number of halogens is 1. The van der Waals surface area contributed by atoms with E-state index < -0.39 is 24.3 Å². The van der Waals surface area contributed by atoms with Crippen LogP contribution in [0.2, 0.25) is 0 Å². The van der Waals surface area contributed by atoms with Gasteiger partial charge in [-0.2, -0.15) is 0 Å². The van der Waals surface area contributed by atoms with Crippen LogP contribution in [-0.4, -0.2) is 31.6 Å². The molecule has 0 heterocycles. The van der Waals surface area contributed by atoms with Crippen molar-refractivity contribution in [3.05, 3.63) is 59.4 Å². The Balaban J connectivity index is 1.90. The Morgan fingerprint density at radius 1 is 1.08 bits per heavy atom. The number of carbonyl (C=O) groups excluding carboxylic acids is 2. The summed E-state index contributed by atoms with van der Waals surface area (Å²) in [6.45, 7) is 7.13. The van der Waals surface area contributed by atoms with Crippen LogP contribution in [0.3, 0.4) is 0 Å². The van der Waals surface area contributed by atoms with Crippen molar-refractivity contribution in [1.29, 1.82) is 0 Å². The first kappa shape index (κ1) is 19.4. The molecule has 0 atom stereocenters. The number of hydrogen-bond donors (Lipinski definition) is 1. The molecule has 0 fully saturated rings. The van der Waals surface area contributed by atoms with Gasteiger partial charge in [-0.3, -0.25) is 4.79 Å². The Hall–Kier alpha value is -2.89. The highest BCUT2D eigenvalue weighted by Gasteiger charge is 2.12. The topological polar surface area (TPSA) is 58.6 Å². The largest absolute Gasteiger partial charge is 0.452 e. The maximum Gasteiger partial charge on any atom is 0.338 e. The number of nitrogens with zero attached hydrogens (tertiary/aromatic N) is 1. The first-order valence-corrected chi connectivity index (χ1v) is 8.52. The first-order chi connectivity index (χ1) is 12.4. The van der Waals surface area contributed by atoms with Gasteiger partial charge in [-0.1, -0.05) is 6.07 Å². The van der Waals surface area contributed by atoms with Gasteiger partial charge in [0.05, 0.1) is 11.3 Å². The zero-order valence-electron chi connectivity index (χ0n) is 15.2. The molecule has 1 N–H and O–H groups in total. The van der Waals surface area contributed by atoms with Gasteiger partial charge in [0.25, 0.3) is 5.91 Å². The second-order valence-corrected chi connectivity index (χ2v) is 5.83. The van der Waals surface area contributed by atoms with Crippen LogP contribution < -0.4 is 10.2 Å². The minimum atomic E-state index is -0.601. The van der Waals surface area contributed by atoms with Crippen LogP contribution in [0.1, 0.15) is 29.8 Å². The third-order valence-corrected chi connectivity index (χ3v) is 3.96. The predicted molar refractivity (Wildman–Crippen MR) is 100 cm³/mol. The van der Waals surface area contributed by atoms with E-state index in [0.29, 0.717) is 5.56 Å². The number of ether oxygens (including phenoxy) is 1. The quantitative estimate of drug-likeness (QED) is 0.766. The van der Waals surface area contributed by atoms with E-state index in [2.05, 4.69) is 24.1 Å². The molecule has 2 rings (SSSR count). The maximum atomic E-state index is 13.7. The lowest BCUT2D eigenvalue weighted by atomic mass is 10.2. The monoisotopic (exact) mass is 358 g/mol. The summed E-state index contributed by atoms with van der Waals surface area (Å²) in [5.74, 6) is -1.73. The molecule has 0 aliphatic heterocycles. The highest BCUT2D eigenvalue weighted by Crippen LogP contribution is 2.16. The third-order valence-electron chi connectivity index (χ3n) is 3.96. The number of benzene rings is 2. The van der Waals surface area contributed by atoms with E-state index in [9.17, 15) is 14.0 Å². The van der Waals surface area contributed by atoms with Gasteiger partial charge in [-0.15, -0.1) is 0 Å². The van der Waals surface area contributed by atoms with Gasteiger partial charge in [0.2, 0.25) is 0 Å². The molecule has 6 heteroatoms. The van der Waals surface area contributed by atoms with Crippen LogP contribution >= 0.6 is 0 Å². The van der Waals surface area contributed by atoms with Gasteiger partial charge in [0.15, 0.2) is 6.61 Å². The normalized spacial score (nSPS) is 10.3. The van der Waals surface area contributed by atoms with Crippen molar-refractivity contribution >= 4 is 23.3 Å². The average molecular weight is 358 g/mol. The predicted octanol–water partition coefficient (Wildman–Crippen LogP) is 3.78. The van der Waals surface area contributed by atoms with E-state index in [1.54, 1.807) is 25.1 Å². The van der Waals surface area contributed by atoms with Gasteiger partial charge in [0, 0.05) is 18.8 Å². The molecule has 0 saturated heterocycles. The molecule has 0 unspecified atom stereocenters. The first-order valence-electron chi connectivity index (χ1n) is 8.52. The Labute approximate surface area is 152 Å². The van der Waals surface area contributed by atoms with E-state index in [1.165, 1.54) is 12.1 Å². The number of anilines is 2. The minimum Gasteiger partial charge on any atom is -0.452 e. The van der Waals surface area contributed by atoms with Gasteiger partial charge < -0.3 is 15.0 Å². The summed E-state index contributed by atoms with van der Waals surface area (Å²) >= 11 is 0. The molecule has 0 aromatic heterocycles. The standard InChI is InChI=1S/C20H23FN2O3/c1-4-23(5-2)16-9-7-15(8-10-16)20(25)26-13-19(24)22-18-11-6-14(3)12-17(18)21/h6-12H,4-5,13H2,1-3H3,(H,22,24). The second-order valence-electron chi connectivity index (χ2n) is 5.83. The smallest absolute Gasteiger partial charge is 0.338 e. The van der Waals surface area contributed by atoms with Crippen LogP contribution in [0.5, 0.6) is 0 Å². The summed E-state index contributed by atoms with van der Waals surface area (Å²) < 4.78 is 18.7. The number of aryl methyl sites for hydroxylation is 1. The van der Waals surface area contributed by atoms with Gasteiger partial charge in [-0.25, -0.2) is 9.18 Å². The van der Waals surface area contributed by atoms with Crippen LogP contribution in [0.4, 0.5) is 15.8 Å². The van der Waals surface area contributed by atoms with Crippen LogP contribution in [-0.2, 0) is 9.53 Å². The Kier molecular flexibility index (Phi) is 6.72. The van der Waals surface area contributed by atoms with Crippen molar-refractivity contribution in [2.45, 2.75) is 20.8 Å². The Bertz CT molecular complexity index is 771. The zero-order chi connectivity index (χ0) is 19.1. The lowest BCUT2D eigenvalue weighted by Crippen LogP contribution is -2.22. The number of hydrogen-bond acceptors (Lipinski definition) is 4. The number of esters is 1. The minimum absolute atomic E-state index is 0.0558. The fourth-order valence-electron chi connectivity index (χ4n) is 2.52. The number of carbonyl (C=O) groups is 2. The molecule has 2 aromatic carbocycles. The van der Waals surface area contributed by atoms with Gasteiger partial charge >= 0.3 is 5.97 Å². The second kappa shape index (κ2) is 8.99. The maximum absolute atomic E-state index is 13.7. The van der Waals surface area contributed by atoms with Crippen molar-refractivity contribution in [1.82, 2.24) is 0 Å². The van der Waals surface area contributed by atoms with Crippen molar-refractivity contribution in [2.75, 3.05) is 29.9 Å². The molecule has 0 aliphatic carbocycles. The molecule has 0 saturated carbocycles. The summed E-state index contributed by atoms with van der Waals surface area (Å²) in [5, 5.41) is 2.39. The Morgan fingerprint density at radius 2 is 1.73 bits per heavy atom. The Morgan fingerprint density at radius 3 is 2.31 bits per heavy atom. The van der Waals surface area contributed by atoms with Gasteiger partial charge in [-0.05, 0) is 62.7 Å². The van der Waals surface area contributed by atoms with E-state index in [-0.39, 0.29) is 5.69 Å². The van der Waals surface area contributed by atoms with Crippen molar-refractivity contribution in [3.63, 3.8) is 0 Å². The summed E-state index contributed by atoms with van der Waals surface area (Å²) in [6.07, 6.45) is 0. The SMILES string of the molecule is CCN(CC)c1ccc(C(=O)OCC(=O)Nc2ccc(C)cc2F)cc1. The summed E-state index contributed by atoms with van der Waals surface area (Å²) in [6, 6.07) is 11.5. The molecular formula is C20H23FN2O3. The van der Waals surface area contributed by atoms with Crippen LogP contribution in [0.15, 0.2) is 42.5 Å². The molecule has 0 bridgehead atoms. The van der Waals surface area contributed by atoms with E-state index in [1.807, 2.05) is 12.1 Å². The average Bonchev–Trinajstić information content (AvgIpc) is 2.63. The molecule has 0 radical (unpaired) electrons. The fraction of sp³-hybridized carbons (Fsp3) is 0.300. The third kappa shape index (κ3) is 5.05. The lowest BCUT2D eigenvalue weighted by Gasteiger charge is -2.20. The lowest BCUT2D eigenvalue weighted by molar-refractivity contribution is -0.119. The molecule has 138 valence electrons. The van der Waals surface area contributed by atoms with E-state index >= 15 is 0 Å². The molecule has 0 aliphatic rings. The van der Waals surface area contributed by atoms with E-state index in [0.717, 1.165) is 24.3 Å². The molecule has 5 nitrogen and oxygen atoms in total. The highest BCUT2D eigenvalue weighted by molar-refractivity contribution is 5.95. The summed E-state index contributed by atoms with van der Waals surface area (Å²) in [5.41, 5.74) is 2.18. The van der Waals surface area contributed by atoms with Crippen LogP contribution in [0, 0.1) is 12.7 Å². The fourth-order valence-corrected chi connectivity index (χ4v) is 2.52. The molecule has 1 amide bonds. The molecule has 26 heavy (non-hydrogen) atoms. The number of rotatable bonds is 7. The molecular weight excluding hydrogens is 335 g/mol. The summed E-state index contributed by atoms with van der Waals surface area (Å²) in [7, 11) is 0. The zero-order valence-corrected chi connectivity index (χ0v) is 15.2. The molecule has 2 aromatic rings. The molecule has 0 spiro atoms. The van der Waals surface area contributed by atoms with E-state index in [4.69, 9.17) is 4.74 Å².